The van der Waals surface area contributed by atoms with Crippen LogP contribution in [-0.4, -0.2) is 71.1 Å². The molecule has 9 heteroatoms. The first-order valence-electron chi connectivity index (χ1n) is 13.7. The highest BCUT2D eigenvalue weighted by Gasteiger charge is 2.20. The number of thiol groups is 1. The first-order chi connectivity index (χ1) is 18.5. The summed E-state index contributed by atoms with van der Waals surface area (Å²) in [6.07, 6.45) is 11.7. The molecule has 2 aromatic rings. The topological polar surface area (TPSA) is 78.2 Å². The van der Waals surface area contributed by atoms with Crippen LogP contribution in [0, 0.1) is 12.8 Å². The van der Waals surface area contributed by atoms with E-state index < -0.39 is 0 Å². The van der Waals surface area contributed by atoms with Gasteiger partial charge in [0.15, 0.2) is 11.7 Å². The fourth-order valence-electron chi connectivity index (χ4n) is 5.32. The van der Waals surface area contributed by atoms with Gasteiger partial charge in [-0.15, -0.1) is 0 Å². The van der Waals surface area contributed by atoms with Crippen molar-refractivity contribution >= 4 is 36.4 Å². The molecule has 1 unspecified atom stereocenters. The summed E-state index contributed by atoms with van der Waals surface area (Å²) in [7, 11) is 2.12. The summed E-state index contributed by atoms with van der Waals surface area (Å²) in [5, 5.41) is 3.27. The third kappa shape index (κ3) is 7.01. The Kier molecular flexibility index (Phi) is 9.09. The van der Waals surface area contributed by atoms with Gasteiger partial charge < -0.3 is 15.0 Å². The lowest BCUT2D eigenvalue weighted by atomic mass is 9.95. The lowest BCUT2D eigenvalue weighted by Crippen LogP contribution is -2.22. The van der Waals surface area contributed by atoms with Crippen LogP contribution in [0.2, 0.25) is 0 Å². The van der Waals surface area contributed by atoms with Crippen molar-refractivity contribution in [2.45, 2.75) is 52.0 Å². The minimum atomic E-state index is 0.547. The number of aliphatic imine (C=N–C) groups is 2. The number of hydrogen-bond donors (Lipinski definition) is 2. The normalized spacial score (nSPS) is 22.6. The third-order valence-corrected chi connectivity index (χ3v) is 8.02. The van der Waals surface area contributed by atoms with Crippen molar-refractivity contribution in [3.8, 4) is 0 Å². The molecule has 4 heterocycles. The zero-order valence-electron chi connectivity index (χ0n) is 22.6. The molecule has 1 aromatic heterocycles. The first-order valence-corrected chi connectivity index (χ1v) is 14.1. The molecule has 38 heavy (non-hydrogen) atoms. The van der Waals surface area contributed by atoms with Crippen LogP contribution in [-0.2, 0) is 24.1 Å². The molecule has 1 N–H and O–H groups in total. The second-order valence-electron chi connectivity index (χ2n) is 10.6. The smallest absolute Gasteiger partial charge is 0.192 e. The van der Waals surface area contributed by atoms with E-state index in [0.717, 1.165) is 80.7 Å². The lowest BCUT2D eigenvalue weighted by Gasteiger charge is -2.22. The molecule has 0 radical (unpaired) electrons. The molecule has 202 valence electrons. The average molecular weight is 534 g/mol. The van der Waals surface area contributed by atoms with Crippen molar-refractivity contribution in [2.75, 3.05) is 45.2 Å². The van der Waals surface area contributed by atoms with Gasteiger partial charge in [-0.05, 0) is 62.3 Å². The highest BCUT2D eigenvalue weighted by molar-refractivity contribution is 7.77. The molecule has 0 bridgehead atoms. The van der Waals surface area contributed by atoms with E-state index in [2.05, 4.69) is 80.5 Å². The van der Waals surface area contributed by atoms with Gasteiger partial charge in [0, 0.05) is 50.9 Å². The van der Waals surface area contributed by atoms with Crippen molar-refractivity contribution in [1.29, 1.82) is 0 Å². The van der Waals surface area contributed by atoms with E-state index in [-0.39, 0.29) is 0 Å². The van der Waals surface area contributed by atoms with Crippen LogP contribution in [0.4, 0.5) is 11.5 Å². The number of aromatic nitrogens is 2. The standard InChI is InChI=1S/C29H39N7OS/c1-21-5-3-7-23-8-9-24(11-15-35(2)18-26-28-29(33-20-32-26)31-13-12-30-28)34-27(17-25(21)23)37-19-22-6-4-14-36(38)16-10-22/h3,5,7,9,12,20,22,38H,4,6,8,10-11,13-19H2,1-2H3,(H,31,32,33)/b24-9-,34-27+. The van der Waals surface area contributed by atoms with E-state index in [1.807, 2.05) is 6.21 Å². The van der Waals surface area contributed by atoms with E-state index in [9.17, 15) is 0 Å². The van der Waals surface area contributed by atoms with E-state index in [0.29, 0.717) is 19.0 Å². The van der Waals surface area contributed by atoms with E-state index in [1.165, 1.54) is 29.5 Å². The molecule has 0 aliphatic carbocycles. The monoisotopic (exact) mass is 533 g/mol. The Morgan fingerprint density at radius 1 is 1.21 bits per heavy atom. The molecule has 3 aliphatic heterocycles. The maximum absolute atomic E-state index is 6.47. The number of aryl methyl sites for hydroxylation is 1. The molecule has 1 aromatic carbocycles. The Labute approximate surface area is 231 Å². The van der Waals surface area contributed by atoms with Crippen LogP contribution in [0.5, 0.6) is 0 Å². The third-order valence-electron chi connectivity index (χ3n) is 7.62. The largest absolute Gasteiger partial charge is 0.480 e. The van der Waals surface area contributed by atoms with Gasteiger partial charge in [0.05, 0.1) is 18.8 Å². The Balaban J connectivity index is 1.27. The van der Waals surface area contributed by atoms with Gasteiger partial charge >= 0.3 is 0 Å². The number of benzene rings is 1. The summed E-state index contributed by atoms with van der Waals surface area (Å²) in [4.78, 5) is 20.7. The van der Waals surface area contributed by atoms with Crippen molar-refractivity contribution in [1.82, 2.24) is 19.2 Å². The van der Waals surface area contributed by atoms with Gasteiger partial charge in [-0.1, -0.05) is 37.1 Å². The average Bonchev–Trinajstić information content (AvgIpc) is 3.12. The maximum atomic E-state index is 6.47. The Morgan fingerprint density at radius 2 is 2.13 bits per heavy atom. The molecule has 0 amide bonds. The second-order valence-corrected chi connectivity index (χ2v) is 11.1. The number of rotatable bonds is 7. The van der Waals surface area contributed by atoms with Crippen LogP contribution < -0.4 is 5.32 Å². The highest BCUT2D eigenvalue weighted by atomic mass is 32.1. The van der Waals surface area contributed by atoms with Gasteiger partial charge in [0.2, 0.25) is 0 Å². The predicted octanol–water partition coefficient (Wildman–Crippen LogP) is 4.78. The van der Waals surface area contributed by atoms with E-state index >= 15 is 0 Å². The molecule has 0 spiro atoms. The van der Waals surface area contributed by atoms with E-state index in [1.54, 1.807) is 6.33 Å². The van der Waals surface area contributed by atoms with Gasteiger partial charge in [-0.3, -0.25) is 9.30 Å². The van der Waals surface area contributed by atoms with Gasteiger partial charge in [0.1, 0.15) is 12.0 Å². The highest BCUT2D eigenvalue weighted by Crippen LogP contribution is 2.28. The summed E-state index contributed by atoms with van der Waals surface area (Å²) >= 11 is 4.56. The van der Waals surface area contributed by atoms with Crippen LogP contribution >= 0.6 is 12.8 Å². The zero-order chi connectivity index (χ0) is 26.3. The molecular formula is C29H39N7OS. The number of ether oxygens (including phenoxy) is 1. The second kappa shape index (κ2) is 12.9. The number of hydrogen-bond acceptors (Lipinski definition) is 9. The SMILES string of the molecule is Cc1cccc2c1C/C(OCC1CCCN(S)CC1)=N\C(CCN(C)Cc1ncnc3c1N=CCN3)=C/C2. The quantitative estimate of drug-likeness (QED) is 0.499. The number of anilines is 1. The van der Waals surface area contributed by atoms with Gasteiger partial charge in [-0.25, -0.2) is 15.0 Å². The Hall–Kier alpha value is -2.75. The summed E-state index contributed by atoms with van der Waals surface area (Å²) in [5.74, 6) is 2.20. The summed E-state index contributed by atoms with van der Waals surface area (Å²) in [6.45, 7) is 7.24. The Morgan fingerprint density at radius 3 is 3.05 bits per heavy atom. The fourth-order valence-corrected chi connectivity index (χ4v) is 5.58. The Bertz CT molecular complexity index is 1210. The van der Waals surface area contributed by atoms with Crippen LogP contribution in [0.15, 0.2) is 46.3 Å². The molecule has 1 atom stereocenters. The molecule has 0 saturated carbocycles. The van der Waals surface area contributed by atoms with Crippen LogP contribution in [0.3, 0.4) is 0 Å². The number of nitrogens with zero attached hydrogens (tertiary/aromatic N) is 6. The van der Waals surface area contributed by atoms with Gasteiger partial charge in [0.25, 0.3) is 0 Å². The molecule has 3 aliphatic rings. The fraction of sp³-hybridized carbons (Fsp3) is 0.517. The van der Waals surface area contributed by atoms with E-state index in [4.69, 9.17) is 9.73 Å². The van der Waals surface area contributed by atoms with Crippen molar-refractivity contribution in [3.05, 3.63) is 58.7 Å². The molecule has 1 saturated heterocycles. The molecular weight excluding hydrogens is 494 g/mol. The number of nitrogens with one attached hydrogen (secondary N) is 1. The summed E-state index contributed by atoms with van der Waals surface area (Å²) in [5.41, 5.74) is 6.89. The molecule has 1 fully saturated rings. The first kappa shape index (κ1) is 26.8. The number of allylic oxidation sites excluding steroid dienone is 1. The lowest BCUT2D eigenvalue weighted by molar-refractivity contribution is 0.219. The van der Waals surface area contributed by atoms with Crippen LogP contribution in [0.1, 0.15) is 48.1 Å². The maximum Gasteiger partial charge on any atom is 0.192 e. The summed E-state index contributed by atoms with van der Waals surface area (Å²) < 4.78 is 8.60. The molecule has 8 nitrogen and oxygen atoms in total. The minimum absolute atomic E-state index is 0.547. The summed E-state index contributed by atoms with van der Waals surface area (Å²) in [6, 6.07) is 6.59. The number of fused-ring (bicyclic) bond motifs is 2. The predicted molar refractivity (Wildman–Crippen MR) is 158 cm³/mol. The van der Waals surface area contributed by atoms with Crippen molar-refractivity contribution < 1.29 is 4.74 Å². The molecule has 5 rings (SSSR count). The van der Waals surface area contributed by atoms with Gasteiger partial charge in [-0.2, -0.15) is 0 Å². The zero-order valence-corrected chi connectivity index (χ0v) is 23.5. The minimum Gasteiger partial charge on any atom is -0.480 e. The van der Waals surface area contributed by atoms with Crippen molar-refractivity contribution in [3.63, 3.8) is 0 Å². The van der Waals surface area contributed by atoms with Crippen molar-refractivity contribution in [2.24, 2.45) is 15.9 Å². The van der Waals surface area contributed by atoms with Crippen LogP contribution in [0.25, 0.3) is 0 Å².